The van der Waals surface area contributed by atoms with Crippen LogP contribution in [0.15, 0.2) is 54.7 Å². The van der Waals surface area contributed by atoms with Gasteiger partial charge in [0.2, 0.25) is 0 Å². The fraction of sp³-hybridized carbons (Fsp3) is 0.167. The highest BCUT2D eigenvalue weighted by Crippen LogP contribution is 2.23. The molecule has 0 spiro atoms. The molecule has 100 valence electrons. The quantitative estimate of drug-likeness (QED) is 0.666. The van der Waals surface area contributed by atoms with Crippen LogP contribution in [-0.2, 0) is 0 Å². The van der Waals surface area contributed by atoms with Crippen LogP contribution in [0.3, 0.4) is 0 Å². The lowest BCUT2D eigenvalue weighted by atomic mass is 10.1. The monoisotopic (exact) mass is 262 g/mol. The number of hydrogen-bond donors (Lipinski definition) is 0. The Hall–Kier alpha value is -2.35. The predicted octanol–water partition coefficient (Wildman–Crippen LogP) is 4.46. The summed E-state index contributed by atoms with van der Waals surface area (Å²) in [6.07, 6.45) is 2.03. The molecule has 0 bridgehead atoms. The van der Waals surface area contributed by atoms with Crippen molar-refractivity contribution in [3.05, 3.63) is 71.4 Å². The van der Waals surface area contributed by atoms with E-state index in [0.717, 1.165) is 11.3 Å². The summed E-state index contributed by atoms with van der Waals surface area (Å²) in [6.45, 7) is 6.40. The van der Waals surface area contributed by atoms with Crippen LogP contribution >= 0.6 is 0 Å². The highest BCUT2D eigenvalue weighted by atomic mass is 15.3. The summed E-state index contributed by atoms with van der Waals surface area (Å²) >= 11 is 0. The number of rotatable bonds is 2. The maximum absolute atomic E-state index is 4.72. The minimum atomic E-state index is 1.00. The standard InChI is InChI=1S/C18H18N2/c1-13-11-14(2)18(15(3)12-13)20-10-9-17(19-20)16-7-5-4-6-8-16/h4-12H,1-3H3. The van der Waals surface area contributed by atoms with Gasteiger partial charge in [-0.05, 0) is 38.0 Å². The lowest BCUT2D eigenvalue weighted by Crippen LogP contribution is -2.01. The Morgan fingerprint density at radius 2 is 1.50 bits per heavy atom. The molecule has 0 aliphatic heterocycles. The van der Waals surface area contributed by atoms with Crippen LogP contribution in [0.25, 0.3) is 16.9 Å². The van der Waals surface area contributed by atoms with Crippen molar-refractivity contribution in [3.63, 3.8) is 0 Å². The van der Waals surface area contributed by atoms with Gasteiger partial charge in [-0.3, -0.25) is 0 Å². The Labute approximate surface area is 119 Å². The minimum Gasteiger partial charge on any atom is -0.240 e. The molecule has 0 atom stereocenters. The molecule has 0 aliphatic carbocycles. The van der Waals surface area contributed by atoms with Crippen LogP contribution in [0.2, 0.25) is 0 Å². The van der Waals surface area contributed by atoms with Gasteiger partial charge in [0.1, 0.15) is 0 Å². The van der Waals surface area contributed by atoms with E-state index in [4.69, 9.17) is 5.10 Å². The van der Waals surface area contributed by atoms with Crippen LogP contribution < -0.4 is 0 Å². The molecule has 20 heavy (non-hydrogen) atoms. The number of benzene rings is 2. The van der Waals surface area contributed by atoms with Gasteiger partial charge in [-0.25, -0.2) is 4.68 Å². The Morgan fingerprint density at radius 3 is 2.15 bits per heavy atom. The van der Waals surface area contributed by atoms with Gasteiger partial charge in [-0.2, -0.15) is 5.10 Å². The van der Waals surface area contributed by atoms with Gasteiger partial charge in [0.05, 0.1) is 11.4 Å². The van der Waals surface area contributed by atoms with Crippen LogP contribution in [-0.4, -0.2) is 9.78 Å². The van der Waals surface area contributed by atoms with Gasteiger partial charge in [-0.15, -0.1) is 0 Å². The Morgan fingerprint density at radius 1 is 0.850 bits per heavy atom. The van der Waals surface area contributed by atoms with Crippen LogP contribution in [0.5, 0.6) is 0 Å². The zero-order chi connectivity index (χ0) is 14.1. The van der Waals surface area contributed by atoms with E-state index in [-0.39, 0.29) is 0 Å². The number of hydrogen-bond acceptors (Lipinski definition) is 1. The van der Waals surface area contributed by atoms with Crippen LogP contribution in [0.1, 0.15) is 16.7 Å². The van der Waals surface area contributed by atoms with E-state index in [0.29, 0.717) is 0 Å². The van der Waals surface area contributed by atoms with Crippen molar-refractivity contribution in [1.82, 2.24) is 9.78 Å². The van der Waals surface area contributed by atoms with E-state index in [9.17, 15) is 0 Å². The smallest absolute Gasteiger partial charge is 0.0927 e. The maximum atomic E-state index is 4.72. The number of nitrogens with zero attached hydrogens (tertiary/aromatic N) is 2. The average Bonchev–Trinajstić information content (AvgIpc) is 2.88. The summed E-state index contributed by atoms with van der Waals surface area (Å²) in [5.74, 6) is 0. The van der Waals surface area contributed by atoms with Crippen molar-refractivity contribution in [2.75, 3.05) is 0 Å². The maximum Gasteiger partial charge on any atom is 0.0927 e. The lowest BCUT2D eigenvalue weighted by Gasteiger charge is -2.11. The summed E-state index contributed by atoms with van der Waals surface area (Å²) in [5, 5.41) is 4.72. The molecule has 0 amide bonds. The molecule has 0 fully saturated rings. The molecule has 2 nitrogen and oxygen atoms in total. The van der Waals surface area contributed by atoms with E-state index in [2.05, 4.69) is 51.1 Å². The Bertz CT molecular complexity index is 716. The average molecular weight is 262 g/mol. The number of aromatic nitrogens is 2. The second-order valence-corrected chi connectivity index (χ2v) is 5.26. The second-order valence-electron chi connectivity index (χ2n) is 5.26. The summed E-state index contributed by atoms with van der Waals surface area (Å²) in [6, 6.07) is 16.7. The van der Waals surface area contributed by atoms with Gasteiger partial charge in [0, 0.05) is 11.8 Å². The van der Waals surface area contributed by atoms with Gasteiger partial charge in [0.15, 0.2) is 0 Å². The molecule has 0 saturated heterocycles. The summed E-state index contributed by atoms with van der Waals surface area (Å²) < 4.78 is 1.98. The zero-order valence-corrected chi connectivity index (χ0v) is 12.1. The molecule has 1 aromatic heterocycles. The van der Waals surface area contributed by atoms with Crippen molar-refractivity contribution < 1.29 is 0 Å². The molecule has 1 heterocycles. The molecule has 0 saturated carbocycles. The van der Waals surface area contributed by atoms with Crippen molar-refractivity contribution >= 4 is 0 Å². The third kappa shape index (κ3) is 2.25. The number of aryl methyl sites for hydroxylation is 3. The SMILES string of the molecule is Cc1cc(C)c(-n2ccc(-c3ccccc3)n2)c(C)c1. The molecule has 0 aliphatic rings. The summed E-state index contributed by atoms with van der Waals surface area (Å²) in [4.78, 5) is 0. The molecular formula is C18H18N2. The third-order valence-corrected chi connectivity index (χ3v) is 3.52. The summed E-state index contributed by atoms with van der Waals surface area (Å²) in [5.41, 5.74) is 7.13. The van der Waals surface area contributed by atoms with Crippen molar-refractivity contribution in [1.29, 1.82) is 0 Å². The van der Waals surface area contributed by atoms with Gasteiger partial charge in [-0.1, -0.05) is 48.0 Å². The topological polar surface area (TPSA) is 17.8 Å². The highest BCUT2D eigenvalue weighted by Gasteiger charge is 2.08. The van der Waals surface area contributed by atoms with Crippen molar-refractivity contribution in [3.8, 4) is 16.9 Å². The molecular weight excluding hydrogens is 244 g/mol. The molecule has 0 N–H and O–H groups in total. The lowest BCUT2D eigenvalue weighted by molar-refractivity contribution is 0.867. The predicted molar refractivity (Wildman–Crippen MR) is 83.2 cm³/mol. The first-order chi connectivity index (χ1) is 9.65. The minimum absolute atomic E-state index is 1.00. The first-order valence-corrected chi connectivity index (χ1v) is 6.84. The van der Waals surface area contributed by atoms with E-state index >= 15 is 0 Å². The molecule has 0 radical (unpaired) electrons. The second kappa shape index (κ2) is 4.97. The van der Waals surface area contributed by atoms with E-state index in [1.807, 2.05) is 29.1 Å². The van der Waals surface area contributed by atoms with E-state index < -0.39 is 0 Å². The Balaban J connectivity index is 2.07. The van der Waals surface area contributed by atoms with Crippen LogP contribution in [0, 0.1) is 20.8 Å². The third-order valence-electron chi connectivity index (χ3n) is 3.52. The fourth-order valence-electron chi connectivity index (χ4n) is 2.75. The van der Waals surface area contributed by atoms with Gasteiger partial charge < -0.3 is 0 Å². The van der Waals surface area contributed by atoms with Crippen molar-refractivity contribution in [2.24, 2.45) is 0 Å². The first-order valence-electron chi connectivity index (χ1n) is 6.84. The summed E-state index contributed by atoms with van der Waals surface area (Å²) in [7, 11) is 0. The molecule has 0 unspecified atom stereocenters. The first kappa shape index (κ1) is 12.7. The fourth-order valence-corrected chi connectivity index (χ4v) is 2.75. The van der Waals surface area contributed by atoms with Gasteiger partial charge >= 0.3 is 0 Å². The largest absolute Gasteiger partial charge is 0.240 e. The zero-order valence-electron chi connectivity index (χ0n) is 12.1. The van der Waals surface area contributed by atoms with Crippen LogP contribution in [0.4, 0.5) is 0 Å². The molecule has 2 aromatic carbocycles. The van der Waals surface area contributed by atoms with Gasteiger partial charge in [0.25, 0.3) is 0 Å². The van der Waals surface area contributed by atoms with Crippen molar-refractivity contribution in [2.45, 2.75) is 20.8 Å². The Kier molecular flexibility index (Phi) is 3.15. The highest BCUT2D eigenvalue weighted by molar-refractivity contribution is 5.59. The molecule has 2 heteroatoms. The molecule has 3 aromatic rings. The molecule has 3 rings (SSSR count). The van der Waals surface area contributed by atoms with E-state index in [1.165, 1.54) is 22.4 Å². The van der Waals surface area contributed by atoms with E-state index in [1.54, 1.807) is 0 Å². The normalized spacial score (nSPS) is 10.8.